The van der Waals surface area contributed by atoms with Crippen LogP contribution in [0.2, 0.25) is 10.0 Å². The van der Waals surface area contributed by atoms with E-state index in [9.17, 15) is 0 Å². The number of para-hydroxylation sites is 1. The Bertz CT molecular complexity index is 1090. The zero-order valence-corrected chi connectivity index (χ0v) is 21.1. The van der Waals surface area contributed by atoms with Crippen LogP contribution in [0.3, 0.4) is 0 Å². The molecule has 2 nitrogen and oxygen atoms in total. The predicted molar refractivity (Wildman–Crippen MR) is 140 cm³/mol. The molecule has 0 aliphatic rings. The van der Waals surface area contributed by atoms with Crippen LogP contribution in [0.15, 0.2) is 82.8 Å². The highest BCUT2D eigenvalue weighted by atomic mass is 35.5. The average Bonchev–Trinajstić information content (AvgIpc) is 3.06. The molecular formula is C27H28Cl2N2S. The zero-order chi connectivity index (χ0) is 23.5. The van der Waals surface area contributed by atoms with Gasteiger partial charge in [-0.2, -0.15) is 5.10 Å². The van der Waals surface area contributed by atoms with Crippen LogP contribution in [0.1, 0.15) is 37.9 Å². The summed E-state index contributed by atoms with van der Waals surface area (Å²) in [6, 6.07) is 15.7. The lowest BCUT2D eigenvalue weighted by Crippen LogP contribution is -1.99. The van der Waals surface area contributed by atoms with E-state index in [1.165, 1.54) is 11.1 Å². The molecule has 0 atom stereocenters. The minimum Gasteiger partial charge on any atom is -0.226 e. The monoisotopic (exact) mass is 482 g/mol. The Labute approximate surface area is 206 Å². The number of hydrogen-bond donors (Lipinski definition) is 0. The summed E-state index contributed by atoms with van der Waals surface area (Å²) in [5, 5.41) is 7.15. The van der Waals surface area contributed by atoms with Crippen molar-refractivity contribution < 1.29 is 0 Å². The minimum absolute atomic E-state index is 0.620. The highest BCUT2D eigenvalue weighted by Crippen LogP contribution is 2.37. The van der Waals surface area contributed by atoms with Crippen molar-refractivity contribution >= 4 is 35.0 Å². The zero-order valence-electron chi connectivity index (χ0n) is 18.7. The number of nitrogens with zero attached hydrogens (tertiary/aromatic N) is 2. The van der Waals surface area contributed by atoms with Crippen molar-refractivity contribution in [2.45, 2.75) is 50.0 Å². The number of allylic oxidation sites excluding steroid dienone is 3. The van der Waals surface area contributed by atoms with E-state index in [0.717, 1.165) is 34.1 Å². The molecule has 32 heavy (non-hydrogen) atoms. The third-order valence-corrected chi connectivity index (χ3v) is 6.14. The normalized spacial score (nSPS) is 10.8. The summed E-state index contributed by atoms with van der Waals surface area (Å²) in [6.45, 7) is 9.34. The lowest BCUT2D eigenvalue weighted by molar-refractivity contribution is 0.785. The van der Waals surface area contributed by atoms with Crippen molar-refractivity contribution in [1.29, 1.82) is 0 Å². The van der Waals surface area contributed by atoms with Gasteiger partial charge in [-0.3, -0.25) is 0 Å². The van der Waals surface area contributed by atoms with Crippen LogP contribution in [0.5, 0.6) is 0 Å². The first-order chi connectivity index (χ1) is 15.4. The number of hydrogen-bond acceptors (Lipinski definition) is 2. The molecule has 166 valence electrons. The van der Waals surface area contributed by atoms with E-state index < -0.39 is 0 Å². The highest BCUT2D eigenvalue weighted by molar-refractivity contribution is 7.99. The Kier molecular flexibility index (Phi) is 10.7. The van der Waals surface area contributed by atoms with E-state index in [2.05, 4.69) is 37.6 Å². The first kappa shape index (κ1) is 25.9. The smallest absolute Gasteiger partial charge is 0.108 e. The summed E-state index contributed by atoms with van der Waals surface area (Å²) in [5.41, 5.74) is 4.51. The molecule has 0 aliphatic carbocycles. The van der Waals surface area contributed by atoms with Gasteiger partial charge in [0.05, 0.1) is 11.4 Å². The Morgan fingerprint density at radius 2 is 1.78 bits per heavy atom. The molecule has 0 saturated carbocycles. The second-order valence-corrected chi connectivity index (χ2v) is 8.99. The van der Waals surface area contributed by atoms with Gasteiger partial charge in [0.25, 0.3) is 0 Å². The first-order valence-electron chi connectivity index (χ1n) is 10.4. The topological polar surface area (TPSA) is 17.8 Å². The molecule has 2 aromatic carbocycles. The predicted octanol–water partition coefficient (Wildman–Crippen LogP) is 8.73. The number of halogens is 2. The number of terminal acetylenes is 1. The summed E-state index contributed by atoms with van der Waals surface area (Å²) >= 11 is 14.1. The van der Waals surface area contributed by atoms with Gasteiger partial charge < -0.3 is 0 Å². The molecular weight excluding hydrogens is 455 g/mol. The van der Waals surface area contributed by atoms with Crippen LogP contribution in [-0.2, 0) is 6.42 Å². The van der Waals surface area contributed by atoms with Crippen molar-refractivity contribution in [1.82, 2.24) is 9.78 Å². The Hall–Kier alpha value is -2.38. The van der Waals surface area contributed by atoms with Gasteiger partial charge in [-0.25, -0.2) is 4.68 Å². The second kappa shape index (κ2) is 13.2. The molecule has 0 fully saturated rings. The fourth-order valence-electron chi connectivity index (χ4n) is 3.13. The maximum atomic E-state index is 6.23. The van der Waals surface area contributed by atoms with Gasteiger partial charge in [0, 0.05) is 26.9 Å². The van der Waals surface area contributed by atoms with Gasteiger partial charge in [0.1, 0.15) is 5.03 Å². The van der Waals surface area contributed by atoms with Crippen molar-refractivity contribution in [3.63, 3.8) is 0 Å². The van der Waals surface area contributed by atoms with Gasteiger partial charge in [-0.05, 0) is 63.9 Å². The molecule has 0 amide bonds. The van der Waals surface area contributed by atoms with Gasteiger partial charge >= 0.3 is 0 Å². The lowest BCUT2D eigenvalue weighted by Gasteiger charge is -2.11. The summed E-state index contributed by atoms with van der Waals surface area (Å²) in [5.74, 6) is 2.74. The summed E-state index contributed by atoms with van der Waals surface area (Å²) in [4.78, 5) is 0.982. The summed E-state index contributed by atoms with van der Waals surface area (Å²) < 4.78 is 2.00. The number of aryl methyl sites for hydroxylation is 1. The van der Waals surface area contributed by atoms with Crippen LogP contribution in [0, 0.1) is 19.3 Å². The third kappa shape index (κ3) is 7.35. The number of rotatable bonds is 7. The van der Waals surface area contributed by atoms with Crippen molar-refractivity contribution in [3.8, 4) is 18.0 Å². The van der Waals surface area contributed by atoms with Crippen LogP contribution in [0.25, 0.3) is 5.69 Å². The Balaban J connectivity index is 0.00000114. The quantitative estimate of drug-likeness (QED) is 0.247. The van der Waals surface area contributed by atoms with E-state index in [4.69, 9.17) is 34.7 Å². The first-order valence-corrected chi connectivity index (χ1v) is 11.9. The molecule has 1 heterocycles. The van der Waals surface area contributed by atoms with Gasteiger partial charge in [0.15, 0.2) is 0 Å². The van der Waals surface area contributed by atoms with Crippen LogP contribution in [0.4, 0.5) is 0 Å². The lowest BCUT2D eigenvalue weighted by atomic mass is 10.0. The molecule has 0 bridgehead atoms. The second-order valence-electron chi connectivity index (χ2n) is 7.06. The van der Waals surface area contributed by atoms with Crippen LogP contribution >= 0.6 is 35.0 Å². The SMILES string of the molecule is C#CC/C(=C\C)CCc1c(C)nn(-c2ccccc2)c1Sc1cc(Cl)cc(Cl)c1.C=CC. The summed E-state index contributed by atoms with van der Waals surface area (Å²) in [6.07, 6.45) is 11.8. The van der Waals surface area contributed by atoms with Gasteiger partial charge in [0.2, 0.25) is 0 Å². The molecule has 0 saturated heterocycles. The van der Waals surface area contributed by atoms with E-state index in [-0.39, 0.29) is 0 Å². The standard InChI is InChI=1S/C24H22Cl2N2S.C3H6/c1-4-9-18(5-2)12-13-23-17(3)27-28(21-10-7-6-8-11-21)24(23)29-22-15-19(25)14-20(26)16-22;1-3-2/h1,5-8,10-11,14-16H,9,12-13H2,2-3H3;3H,1H2,2H3/b18-5+;. The molecule has 0 aliphatic heterocycles. The number of benzene rings is 2. The van der Waals surface area contributed by atoms with Crippen LogP contribution < -0.4 is 0 Å². The van der Waals surface area contributed by atoms with E-state index in [1.807, 2.05) is 48.9 Å². The van der Waals surface area contributed by atoms with Crippen molar-refractivity contribution in [2.75, 3.05) is 0 Å². The fraction of sp³-hybridized carbons (Fsp3) is 0.222. The molecule has 3 aromatic rings. The van der Waals surface area contributed by atoms with Gasteiger partial charge in [-0.15, -0.1) is 18.9 Å². The Morgan fingerprint density at radius 3 is 2.34 bits per heavy atom. The van der Waals surface area contributed by atoms with Crippen molar-refractivity contribution in [2.24, 2.45) is 0 Å². The van der Waals surface area contributed by atoms with E-state index >= 15 is 0 Å². The maximum absolute atomic E-state index is 6.23. The molecule has 0 unspecified atom stereocenters. The number of aromatic nitrogens is 2. The Morgan fingerprint density at radius 1 is 1.16 bits per heavy atom. The van der Waals surface area contributed by atoms with E-state index in [0.29, 0.717) is 16.5 Å². The summed E-state index contributed by atoms with van der Waals surface area (Å²) in [7, 11) is 0. The molecule has 0 N–H and O–H groups in total. The largest absolute Gasteiger partial charge is 0.226 e. The highest BCUT2D eigenvalue weighted by Gasteiger charge is 2.18. The molecule has 5 heteroatoms. The molecule has 3 rings (SSSR count). The molecule has 0 radical (unpaired) electrons. The van der Waals surface area contributed by atoms with Crippen LogP contribution in [-0.4, -0.2) is 9.78 Å². The average molecular weight is 484 g/mol. The molecule has 0 spiro atoms. The fourth-order valence-corrected chi connectivity index (χ4v) is 4.98. The van der Waals surface area contributed by atoms with E-state index in [1.54, 1.807) is 23.9 Å². The van der Waals surface area contributed by atoms with Gasteiger partial charge in [-0.1, -0.05) is 70.9 Å². The van der Waals surface area contributed by atoms with Crippen molar-refractivity contribution in [3.05, 3.63) is 94.1 Å². The molecule has 1 aromatic heterocycles. The third-order valence-electron chi connectivity index (χ3n) is 4.62. The minimum atomic E-state index is 0.620. The maximum Gasteiger partial charge on any atom is 0.108 e.